The number of para-hydroxylation sites is 3. The van der Waals surface area contributed by atoms with Crippen LogP contribution in [0.3, 0.4) is 0 Å². The molecule has 0 atom stereocenters. The third-order valence-electron chi connectivity index (χ3n) is 9.57. The molecule has 10 aromatic rings. The SMILES string of the molecule is [2H]c1c([2H])c([2H])c2c(c1[2H])c1c([2H])c(-c3ccc4c(c3)c3c(-c5ccccc5)cccc3n4-c3ccccc3-c3ccccc3)c([2H])c([2H])c1n2-c1ccccc1. The fourth-order valence-corrected chi connectivity index (χ4v) is 7.37. The summed E-state index contributed by atoms with van der Waals surface area (Å²) in [6.45, 7) is 0. The summed E-state index contributed by atoms with van der Waals surface area (Å²) in [7, 11) is 0. The lowest BCUT2D eigenvalue weighted by Gasteiger charge is -2.14. The van der Waals surface area contributed by atoms with E-state index in [0.717, 1.165) is 49.7 Å². The van der Waals surface area contributed by atoms with Crippen LogP contribution in [0.4, 0.5) is 0 Å². The first-order valence-corrected chi connectivity index (χ1v) is 16.6. The summed E-state index contributed by atoms with van der Waals surface area (Å²) in [6, 6.07) is 48.4. The molecule has 0 aliphatic heterocycles. The topological polar surface area (TPSA) is 9.86 Å². The largest absolute Gasteiger partial charge is 0.309 e. The molecular formula is C48H32N2. The predicted octanol–water partition coefficient (Wildman–Crippen LogP) is 12.9. The molecular weight excluding hydrogens is 605 g/mol. The first-order valence-electron chi connectivity index (χ1n) is 20.1. The van der Waals surface area contributed by atoms with Crippen LogP contribution in [0, 0.1) is 0 Å². The van der Waals surface area contributed by atoms with Crippen LogP contribution in [0.5, 0.6) is 0 Å². The van der Waals surface area contributed by atoms with Crippen molar-refractivity contribution in [2.75, 3.05) is 0 Å². The minimum atomic E-state index is -0.416. The Morgan fingerprint density at radius 1 is 0.380 bits per heavy atom. The van der Waals surface area contributed by atoms with Gasteiger partial charge in [0.15, 0.2) is 0 Å². The molecule has 0 N–H and O–H groups in total. The zero-order valence-electron chi connectivity index (χ0n) is 33.8. The zero-order chi connectivity index (χ0) is 39.1. The fraction of sp³-hybridized carbons (Fsp3) is 0. The molecule has 50 heavy (non-hydrogen) atoms. The van der Waals surface area contributed by atoms with Crippen molar-refractivity contribution >= 4 is 43.6 Å². The van der Waals surface area contributed by atoms with Gasteiger partial charge in [-0.15, -0.1) is 0 Å². The highest BCUT2D eigenvalue weighted by Gasteiger charge is 2.20. The van der Waals surface area contributed by atoms with Gasteiger partial charge in [-0.3, -0.25) is 0 Å². The van der Waals surface area contributed by atoms with E-state index in [4.69, 9.17) is 5.48 Å². The molecule has 0 saturated heterocycles. The van der Waals surface area contributed by atoms with E-state index in [1.54, 1.807) is 16.7 Å². The van der Waals surface area contributed by atoms with Gasteiger partial charge in [0.05, 0.1) is 37.3 Å². The van der Waals surface area contributed by atoms with E-state index in [2.05, 4.69) is 59.2 Å². The average molecular weight is 644 g/mol. The third-order valence-corrected chi connectivity index (χ3v) is 9.57. The van der Waals surface area contributed by atoms with Crippen LogP contribution in [0.15, 0.2) is 194 Å². The Kier molecular flexibility index (Phi) is 5.08. The molecule has 0 bridgehead atoms. The first kappa shape index (κ1) is 22.1. The van der Waals surface area contributed by atoms with Crippen molar-refractivity contribution in [1.82, 2.24) is 9.13 Å². The Morgan fingerprint density at radius 3 is 1.84 bits per heavy atom. The molecule has 0 fully saturated rings. The molecule has 0 aliphatic carbocycles. The maximum atomic E-state index is 9.80. The number of hydrogen-bond acceptors (Lipinski definition) is 0. The molecule has 2 heteroatoms. The third kappa shape index (κ3) is 4.43. The molecule has 0 spiro atoms. The normalized spacial score (nSPS) is 13.6. The van der Waals surface area contributed by atoms with Crippen molar-refractivity contribution < 1.29 is 9.60 Å². The Hall–Kier alpha value is -6.64. The van der Waals surface area contributed by atoms with E-state index in [1.807, 2.05) is 84.9 Å². The summed E-state index contributed by atoms with van der Waals surface area (Å²) >= 11 is 0. The van der Waals surface area contributed by atoms with Crippen molar-refractivity contribution in [2.45, 2.75) is 0 Å². The lowest BCUT2D eigenvalue weighted by molar-refractivity contribution is 1.18. The van der Waals surface area contributed by atoms with E-state index in [9.17, 15) is 4.11 Å². The van der Waals surface area contributed by atoms with Gasteiger partial charge in [-0.25, -0.2) is 0 Å². The van der Waals surface area contributed by atoms with Gasteiger partial charge in [-0.2, -0.15) is 0 Å². The summed E-state index contributed by atoms with van der Waals surface area (Å²) in [5.41, 5.74) is 8.87. The molecule has 2 heterocycles. The van der Waals surface area contributed by atoms with Crippen LogP contribution in [-0.4, -0.2) is 9.13 Å². The average Bonchev–Trinajstić information content (AvgIpc) is 3.79. The lowest BCUT2D eigenvalue weighted by atomic mass is 9.97. The van der Waals surface area contributed by atoms with Gasteiger partial charge in [0.2, 0.25) is 0 Å². The Bertz CT molecular complexity index is 3240. The van der Waals surface area contributed by atoms with Gasteiger partial charge in [0.25, 0.3) is 0 Å². The molecule has 2 aromatic heterocycles. The molecule has 10 rings (SSSR count). The second kappa shape index (κ2) is 11.5. The molecule has 0 aliphatic rings. The number of aromatic nitrogens is 2. The number of hydrogen-bond donors (Lipinski definition) is 0. The van der Waals surface area contributed by atoms with Gasteiger partial charge in [0, 0.05) is 32.8 Å². The quantitative estimate of drug-likeness (QED) is 0.177. The monoisotopic (exact) mass is 643 g/mol. The summed E-state index contributed by atoms with van der Waals surface area (Å²) < 4.78 is 67.8. The van der Waals surface area contributed by atoms with E-state index in [1.165, 1.54) is 0 Å². The first-order chi connectivity index (χ1) is 27.8. The molecule has 2 nitrogen and oxygen atoms in total. The second-order valence-corrected chi connectivity index (χ2v) is 12.4. The van der Waals surface area contributed by atoms with Gasteiger partial charge in [-0.1, -0.05) is 139 Å². The van der Waals surface area contributed by atoms with Gasteiger partial charge < -0.3 is 9.13 Å². The highest BCUT2D eigenvalue weighted by Crippen LogP contribution is 2.42. The van der Waals surface area contributed by atoms with Crippen LogP contribution in [0.1, 0.15) is 9.60 Å². The maximum absolute atomic E-state index is 9.80. The molecule has 0 amide bonds. The minimum Gasteiger partial charge on any atom is -0.309 e. The molecule has 0 radical (unpaired) electrons. The fourth-order valence-electron chi connectivity index (χ4n) is 7.37. The zero-order valence-corrected chi connectivity index (χ0v) is 26.8. The van der Waals surface area contributed by atoms with E-state index in [-0.39, 0.29) is 57.6 Å². The second-order valence-electron chi connectivity index (χ2n) is 12.4. The summed E-state index contributed by atoms with van der Waals surface area (Å²) in [5.74, 6) is 0. The molecule has 0 saturated carbocycles. The van der Waals surface area contributed by atoms with Crippen molar-refractivity contribution in [3.63, 3.8) is 0 Å². The molecule has 234 valence electrons. The van der Waals surface area contributed by atoms with Crippen molar-refractivity contribution in [2.24, 2.45) is 0 Å². The number of benzene rings is 8. The standard InChI is InChI=1S/C48H32N2/c1-4-15-33(16-5-1)38-21-10-12-24-43(38)50-46-30-28-36(32-42(46)48-39(23-14-26-47(48)50)34-17-6-2-7-18-34)35-27-29-45-41(31-35)40-22-11-13-25-44(40)49(45)37-19-8-3-9-20-37/h1-32H/i11D,13D,22D,25D,27D,29D,31D. The van der Waals surface area contributed by atoms with Crippen LogP contribution >= 0.6 is 0 Å². The lowest BCUT2D eigenvalue weighted by Crippen LogP contribution is -1.97. The maximum Gasteiger partial charge on any atom is 0.0645 e. The Balaban J connectivity index is 1.32. The van der Waals surface area contributed by atoms with Crippen LogP contribution in [0.25, 0.3) is 88.4 Å². The number of rotatable bonds is 5. The predicted molar refractivity (Wildman–Crippen MR) is 211 cm³/mol. The number of nitrogens with zero attached hydrogens (tertiary/aromatic N) is 2. The van der Waals surface area contributed by atoms with E-state index < -0.39 is 12.1 Å². The number of fused-ring (bicyclic) bond motifs is 6. The summed E-state index contributed by atoms with van der Waals surface area (Å²) in [5, 5.41) is 2.27. The molecule has 0 unspecified atom stereocenters. The van der Waals surface area contributed by atoms with Gasteiger partial charge in [0.1, 0.15) is 0 Å². The van der Waals surface area contributed by atoms with Crippen LogP contribution in [0.2, 0.25) is 0 Å². The highest BCUT2D eigenvalue weighted by molar-refractivity contribution is 6.17. The van der Waals surface area contributed by atoms with Crippen LogP contribution < -0.4 is 0 Å². The van der Waals surface area contributed by atoms with Gasteiger partial charge >= 0.3 is 0 Å². The van der Waals surface area contributed by atoms with Gasteiger partial charge in [-0.05, 0) is 82.3 Å². The summed E-state index contributed by atoms with van der Waals surface area (Å²) in [4.78, 5) is 0. The van der Waals surface area contributed by atoms with Crippen molar-refractivity contribution in [1.29, 1.82) is 0 Å². The van der Waals surface area contributed by atoms with Crippen LogP contribution in [-0.2, 0) is 0 Å². The van der Waals surface area contributed by atoms with E-state index in [0.29, 0.717) is 11.3 Å². The Labute approximate surface area is 300 Å². The highest BCUT2D eigenvalue weighted by atomic mass is 15.0. The molecule has 8 aromatic carbocycles. The van der Waals surface area contributed by atoms with Crippen molar-refractivity contribution in [3.05, 3.63) is 194 Å². The van der Waals surface area contributed by atoms with Crippen molar-refractivity contribution in [3.8, 4) is 44.8 Å². The van der Waals surface area contributed by atoms with E-state index >= 15 is 0 Å². The Morgan fingerprint density at radius 2 is 1.04 bits per heavy atom. The minimum absolute atomic E-state index is 0.0727. The smallest absolute Gasteiger partial charge is 0.0645 e. The summed E-state index contributed by atoms with van der Waals surface area (Å²) in [6.07, 6.45) is 0.